The molecule has 1 aliphatic carbocycles. The van der Waals surface area contributed by atoms with E-state index in [-0.39, 0.29) is 11.6 Å². The molecule has 100 valence electrons. The standard InChI is InChI=1S/C12H19N3O2S/c1-17-11-14-13-10(18-11)8-15-7-4-9(16)12(15)5-2-3-6-12/h9,16H,2-8H2,1H3. The number of ether oxygens (including phenoxy) is 1. The number of nitrogens with zero attached hydrogens (tertiary/aromatic N) is 3. The van der Waals surface area contributed by atoms with Crippen LogP contribution in [-0.2, 0) is 6.54 Å². The Bertz CT molecular complexity index is 417. The molecule has 0 radical (unpaired) electrons. The number of hydrogen-bond acceptors (Lipinski definition) is 6. The van der Waals surface area contributed by atoms with E-state index in [1.54, 1.807) is 7.11 Å². The molecule has 2 aliphatic rings. The fourth-order valence-electron chi connectivity index (χ4n) is 3.40. The molecule has 1 aliphatic heterocycles. The van der Waals surface area contributed by atoms with Crippen LogP contribution in [0.3, 0.4) is 0 Å². The summed E-state index contributed by atoms with van der Waals surface area (Å²) in [5, 5.41) is 20.0. The Kier molecular flexibility index (Phi) is 3.25. The fraction of sp³-hybridized carbons (Fsp3) is 0.833. The van der Waals surface area contributed by atoms with Crippen LogP contribution < -0.4 is 4.74 Å². The monoisotopic (exact) mass is 269 g/mol. The molecular formula is C12H19N3O2S. The molecular weight excluding hydrogens is 250 g/mol. The Morgan fingerprint density at radius 1 is 1.44 bits per heavy atom. The third-order valence-corrected chi connectivity index (χ3v) is 5.21. The smallest absolute Gasteiger partial charge is 0.293 e. The van der Waals surface area contributed by atoms with Crippen LogP contribution in [0.15, 0.2) is 0 Å². The summed E-state index contributed by atoms with van der Waals surface area (Å²) in [7, 11) is 1.61. The minimum atomic E-state index is -0.171. The molecule has 1 spiro atoms. The zero-order valence-electron chi connectivity index (χ0n) is 10.6. The van der Waals surface area contributed by atoms with Gasteiger partial charge in [-0.3, -0.25) is 4.90 Å². The minimum absolute atomic E-state index is 0.0128. The zero-order valence-corrected chi connectivity index (χ0v) is 11.4. The Morgan fingerprint density at radius 3 is 2.89 bits per heavy atom. The van der Waals surface area contributed by atoms with Gasteiger partial charge in [0, 0.05) is 12.1 Å². The molecule has 1 saturated carbocycles. The van der Waals surface area contributed by atoms with Gasteiger partial charge in [0.15, 0.2) is 0 Å². The second-order valence-corrected chi connectivity index (χ2v) is 6.23. The van der Waals surface area contributed by atoms with E-state index in [1.807, 2.05) is 0 Å². The molecule has 1 saturated heterocycles. The molecule has 0 bridgehead atoms. The van der Waals surface area contributed by atoms with Crippen molar-refractivity contribution in [2.24, 2.45) is 0 Å². The van der Waals surface area contributed by atoms with E-state index in [4.69, 9.17) is 4.74 Å². The number of rotatable bonds is 3. The van der Waals surface area contributed by atoms with E-state index in [9.17, 15) is 5.11 Å². The Hall–Kier alpha value is -0.720. The van der Waals surface area contributed by atoms with Crippen LogP contribution in [-0.4, -0.2) is 45.5 Å². The molecule has 0 aromatic carbocycles. The predicted octanol–water partition coefficient (Wildman–Crippen LogP) is 1.43. The maximum Gasteiger partial charge on any atom is 0.293 e. The summed E-state index contributed by atoms with van der Waals surface area (Å²) < 4.78 is 5.07. The van der Waals surface area contributed by atoms with Crippen molar-refractivity contribution in [3.8, 4) is 5.19 Å². The first-order chi connectivity index (χ1) is 8.74. The summed E-state index contributed by atoms with van der Waals surface area (Å²) in [5.41, 5.74) is 0.0128. The maximum absolute atomic E-state index is 10.3. The van der Waals surface area contributed by atoms with Gasteiger partial charge in [0.2, 0.25) is 0 Å². The summed E-state index contributed by atoms with van der Waals surface area (Å²) in [5.74, 6) is 0. The molecule has 1 N–H and O–H groups in total. The average Bonchev–Trinajstić information content (AvgIpc) is 3.08. The van der Waals surface area contributed by atoms with Gasteiger partial charge in [0.25, 0.3) is 5.19 Å². The lowest BCUT2D eigenvalue weighted by Crippen LogP contribution is -2.47. The largest absolute Gasteiger partial charge is 0.472 e. The van der Waals surface area contributed by atoms with Crippen molar-refractivity contribution in [3.05, 3.63) is 5.01 Å². The third-order valence-electron chi connectivity index (χ3n) is 4.34. The predicted molar refractivity (Wildman–Crippen MR) is 68.7 cm³/mol. The van der Waals surface area contributed by atoms with Crippen molar-refractivity contribution in [1.29, 1.82) is 0 Å². The van der Waals surface area contributed by atoms with E-state index in [0.717, 1.165) is 37.4 Å². The van der Waals surface area contributed by atoms with Crippen LogP contribution in [0.25, 0.3) is 0 Å². The fourth-order valence-corrected chi connectivity index (χ4v) is 4.07. The first kappa shape index (κ1) is 12.3. The summed E-state index contributed by atoms with van der Waals surface area (Å²) in [6.45, 7) is 1.75. The van der Waals surface area contributed by atoms with Gasteiger partial charge in [-0.05, 0) is 19.3 Å². The van der Waals surface area contributed by atoms with Gasteiger partial charge in [-0.2, -0.15) is 0 Å². The highest BCUT2D eigenvalue weighted by molar-refractivity contribution is 7.13. The van der Waals surface area contributed by atoms with Gasteiger partial charge in [-0.1, -0.05) is 24.2 Å². The van der Waals surface area contributed by atoms with Crippen molar-refractivity contribution < 1.29 is 9.84 Å². The summed E-state index contributed by atoms with van der Waals surface area (Å²) in [4.78, 5) is 2.41. The van der Waals surface area contributed by atoms with Gasteiger partial charge in [-0.25, -0.2) is 0 Å². The zero-order chi connectivity index (χ0) is 12.6. The quantitative estimate of drug-likeness (QED) is 0.899. The lowest BCUT2D eigenvalue weighted by molar-refractivity contribution is 0.0276. The maximum atomic E-state index is 10.3. The molecule has 6 heteroatoms. The van der Waals surface area contributed by atoms with E-state index in [1.165, 1.54) is 24.2 Å². The van der Waals surface area contributed by atoms with Crippen LogP contribution in [0.1, 0.15) is 37.1 Å². The van der Waals surface area contributed by atoms with Crippen LogP contribution >= 0.6 is 11.3 Å². The second-order valence-electron chi connectivity index (χ2n) is 5.20. The van der Waals surface area contributed by atoms with Crippen molar-refractivity contribution >= 4 is 11.3 Å². The first-order valence-corrected chi connectivity index (χ1v) is 7.36. The van der Waals surface area contributed by atoms with E-state index < -0.39 is 0 Å². The van der Waals surface area contributed by atoms with Gasteiger partial charge >= 0.3 is 0 Å². The van der Waals surface area contributed by atoms with Crippen LogP contribution in [0.5, 0.6) is 5.19 Å². The topological polar surface area (TPSA) is 58.5 Å². The van der Waals surface area contributed by atoms with E-state index in [2.05, 4.69) is 15.1 Å². The van der Waals surface area contributed by atoms with Crippen molar-refractivity contribution in [3.63, 3.8) is 0 Å². The molecule has 2 fully saturated rings. The van der Waals surface area contributed by atoms with Crippen molar-refractivity contribution in [1.82, 2.24) is 15.1 Å². The van der Waals surface area contributed by atoms with E-state index >= 15 is 0 Å². The number of aliphatic hydroxyl groups excluding tert-OH is 1. The molecule has 1 atom stereocenters. The highest BCUT2D eigenvalue weighted by Crippen LogP contribution is 2.44. The number of likely N-dealkylation sites (tertiary alicyclic amines) is 1. The lowest BCUT2D eigenvalue weighted by atomic mass is 9.91. The van der Waals surface area contributed by atoms with Crippen LogP contribution in [0.2, 0.25) is 0 Å². The number of aromatic nitrogens is 2. The van der Waals surface area contributed by atoms with Crippen LogP contribution in [0, 0.1) is 0 Å². The Balaban J connectivity index is 1.75. The SMILES string of the molecule is COc1nnc(CN2CCC(O)C23CCCC3)s1. The molecule has 18 heavy (non-hydrogen) atoms. The van der Waals surface area contributed by atoms with Gasteiger partial charge in [0.1, 0.15) is 5.01 Å². The Labute approximate surface area is 111 Å². The summed E-state index contributed by atoms with van der Waals surface area (Å²) >= 11 is 1.50. The van der Waals surface area contributed by atoms with Crippen molar-refractivity contribution in [2.75, 3.05) is 13.7 Å². The minimum Gasteiger partial charge on any atom is -0.472 e. The van der Waals surface area contributed by atoms with Gasteiger partial charge < -0.3 is 9.84 Å². The highest BCUT2D eigenvalue weighted by atomic mass is 32.1. The van der Waals surface area contributed by atoms with Gasteiger partial charge in [0.05, 0.1) is 19.8 Å². The summed E-state index contributed by atoms with van der Waals surface area (Å²) in [6, 6.07) is 0. The molecule has 0 amide bonds. The molecule has 2 heterocycles. The van der Waals surface area contributed by atoms with Crippen molar-refractivity contribution in [2.45, 2.75) is 50.3 Å². The average molecular weight is 269 g/mol. The molecule has 1 unspecified atom stereocenters. The van der Waals surface area contributed by atoms with Crippen LogP contribution in [0.4, 0.5) is 0 Å². The number of hydrogen-bond donors (Lipinski definition) is 1. The van der Waals surface area contributed by atoms with E-state index in [0.29, 0.717) is 5.19 Å². The lowest BCUT2D eigenvalue weighted by Gasteiger charge is -2.36. The third kappa shape index (κ3) is 1.92. The van der Waals surface area contributed by atoms with Gasteiger partial charge in [-0.15, -0.1) is 10.2 Å². The molecule has 5 nitrogen and oxygen atoms in total. The first-order valence-electron chi connectivity index (χ1n) is 6.54. The highest BCUT2D eigenvalue weighted by Gasteiger charge is 2.49. The number of methoxy groups -OCH3 is 1. The molecule has 1 aromatic heterocycles. The summed E-state index contributed by atoms with van der Waals surface area (Å²) in [6.07, 6.45) is 5.40. The Morgan fingerprint density at radius 2 is 2.22 bits per heavy atom. The molecule has 1 aromatic rings. The second kappa shape index (κ2) is 4.75. The normalized spacial score (nSPS) is 27.1. The molecule has 3 rings (SSSR count). The number of aliphatic hydroxyl groups is 1.